The van der Waals surface area contributed by atoms with E-state index in [-0.39, 0.29) is 17.8 Å². The van der Waals surface area contributed by atoms with E-state index in [0.717, 1.165) is 5.56 Å². The third-order valence-corrected chi connectivity index (χ3v) is 2.47. The molecule has 0 saturated carbocycles. The van der Waals surface area contributed by atoms with Crippen molar-refractivity contribution in [3.8, 4) is 0 Å². The van der Waals surface area contributed by atoms with Gasteiger partial charge in [-0.05, 0) is 17.7 Å². The molecule has 0 saturated heterocycles. The molecule has 0 N–H and O–H groups in total. The number of pyridine rings is 1. The number of aromatic nitrogens is 1. The molecule has 0 aliphatic heterocycles. The lowest BCUT2D eigenvalue weighted by Crippen LogP contribution is -2.00. The van der Waals surface area contributed by atoms with Crippen molar-refractivity contribution in [2.24, 2.45) is 10.2 Å². The largest absolute Gasteiger partial charge is 0.302 e. The molecule has 1 aromatic carbocycles. The summed E-state index contributed by atoms with van der Waals surface area (Å²) >= 11 is 0. The third-order valence-electron chi connectivity index (χ3n) is 2.47. The van der Waals surface area contributed by atoms with Crippen LogP contribution in [0.15, 0.2) is 59.0 Å². The predicted octanol–water partition coefficient (Wildman–Crippen LogP) is 2.78. The number of amides is 1. The molecule has 0 atom stereocenters. The minimum absolute atomic E-state index is 0.0764. The predicted molar refractivity (Wildman–Crippen MR) is 70.2 cm³/mol. The van der Waals surface area contributed by atoms with Gasteiger partial charge in [-0.3, -0.25) is 19.9 Å². The molecule has 1 heterocycles. The maximum absolute atomic E-state index is 11.8. The van der Waals surface area contributed by atoms with Crippen LogP contribution >= 0.6 is 0 Å². The van der Waals surface area contributed by atoms with Crippen LogP contribution in [0.25, 0.3) is 0 Å². The second-order valence-corrected chi connectivity index (χ2v) is 3.84. The van der Waals surface area contributed by atoms with Gasteiger partial charge in [0.15, 0.2) is 0 Å². The molecule has 7 heteroatoms. The molecule has 0 unspecified atom stereocenters. The van der Waals surface area contributed by atoms with Crippen LogP contribution in [-0.2, 0) is 6.54 Å². The molecule has 0 radical (unpaired) electrons. The average molecular weight is 270 g/mol. The number of azo groups is 1. The molecule has 1 amide bonds. The number of benzene rings is 1. The fourth-order valence-electron chi connectivity index (χ4n) is 1.54. The van der Waals surface area contributed by atoms with Gasteiger partial charge in [0, 0.05) is 18.5 Å². The maximum atomic E-state index is 11.8. The number of carbonyl (C=O) groups is 1. The van der Waals surface area contributed by atoms with Crippen LogP contribution in [0.1, 0.15) is 15.9 Å². The Morgan fingerprint density at radius 3 is 2.75 bits per heavy atom. The van der Waals surface area contributed by atoms with Crippen molar-refractivity contribution in [3.05, 3.63) is 70.0 Å². The number of hydrogen-bond acceptors (Lipinski definition) is 5. The lowest BCUT2D eigenvalue weighted by molar-refractivity contribution is -0.385. The Hall–Kier alpha value is -2.96. The Labute approximate surface area is 114 Å². The van der Waals surface area contributed by atoms with Gasteiger partial charge in [-0.25, -0.2) is 0 Å². The van der Waals surface area contributed by atoms with E-state index in [0.29, 0.717) is 0 Å². The van der Waals surface area contributed by atoms with Gasteiger partial charge in [0.2, 0.25) is 0 Å². The minimum Gasteiger partial charge on any atom is -0.265 e. The van der Waals surface area contributed by atoms with Gasteiger partial charge in [0.1, 0.15) is 5.56 Å². The van der Waals surface area contributed by atoms with Crippen molar-refractivity contribution in [1.29, 1.82) is 0 Å². The monoisotopic (exact) mass is 270 g/mol. The smallest absolute Gasteiger partial charge is 0.265 e. The number of hydrogen-bond donors (Lipinski definition) is 0. The molecular formula is C13H10N4O3. The summed E-state index contributed by atoms with van der Waals surface area (Å²) in [5.41, 5.74) is 0.442. The van der Waals surface area contributed by atoms with Crippen LogP contribution < -0.4 is 0 Å². The van der Waals surface area contributed by atoms with Crippen molar-refractivity contribution in [3.63, 3.8) is 0 Å². The summed E-state index contributed by atoms with van der Waals surface area (Å²) in [6.07, 6.45) is 3.23. The highest BCUT2D eigenvalue weighted by Gasteiger charge is 2.18. The topological polar surface area (TPSA) is 97.8 Å². The summed E-state index contributed by atoms with van der Waals surface area (Å²) in [5.74, 6) is -0.735. The highest BCUT2D eigenvalue weighted by Crippen LogP contribution is 2.18. The van der Waals surface area contributed by atoms with Crippen molar-refractivity contribution in [1.82, 2.24) is 4.98 Å². The van der Waals surface area contributed by atoms with Gasteiger partial charge in [0.25, 0.3) is 5.69 Å². The SMILES string of the molecule is O=C(N=NCc1cccnc1)c1ccccc1[N+](=O)[O-]. The second-order valence-electron chi connectivity index (χ2n) is 3.84. The summed E-state index contributed by atoms with van der Waals surface area (Å²) in [6, 6.07) is 9.17. The zero-order valence-corrected chi connectivity index (χ0v) is 10.3. The van der Waals surface area contributed by atoms with Crippen LogP contribution in [0.2, 0.25) is 0 Å². The van der Waals surface area contributed by atoms with Crippen LogP contribution in [0.5, 0.6) is 0 Å². The first-order valence-electron chi connectivity index (χ1n) is 5.72. The lowest BCUT2D eigenvalue weighted by atomic mass is 10.2. The van der Waals surface area contributed by atoms with E-state index in [1.165, 1.54) is 24.3 Å². The molecular weight excluding hydrogens is 260 g/mol. The summed E-state index contributed by atoms with van der Waals surface area (Å²) in [4.78, 5) is 25.9. The number of para-hydroxylation sites is 1. The molecule has 0 aliphatic carbocycles. The van der Waals surface area contributed by atoms with Crippen LogP contribution in [0.4, 0.5) is 5.69 Å². The Morgan fingerprint density at radius 2 is 2.05 bits per heavy atom. The summed E-state index contributed by atoms with van der Waals surface area (Å²) in [5, 5.41) is 18.0. The van der Waals surface area contributed by atoms with E-state index in [4.69, 9.17) is 0 Å². The number of nitro groups is 1. The number of nitrogens with zero attached hydrogens (tertiary/aromatic N) is 4. The molecule has 2 rings (SSSR count). The Bertz CT molecular complexity index is 656. The Balaban J connectivity index is 2.11. The Morgan fingerprint density at radius 1 is 1.25 bits per heavy atom. The maximum Gasteiger partial charge on any atom is 0.302 e. The summed E-state index contributed by atoms with van der Waals surface area (Å²) < 4.78 is 0. The molecule has 7 nitrogen and oxygen atoms in total. The zero-order chi connectivity index (χ0) is 14.4. The van der Waals surface area contributed by atoms with E-state index in [1.54, 1.807) is 24.5 Å². The molecule has 2 aromatic rings. The molecule has 100 valence electrons. The van der Waals surface area contributed by atoms with Crippen LogP contribution in [-0.4, -0.2) is 15.8 Å². The van der Waals surface area contributed by atoms with E-state index in [2.05, 4.69) is 15.2 Å². The zero-order valence-electron chi connectivity index (χ0n) is 10.3. The number of rotatable bonds is 4. The molecule has 1 aromatic heterocycles. The van der Waals surface area contributed by atoms with Gasteiger partial charge >= 0.3 is 5.91 Å². The Kier molecular flexibility index (Phi) is 4.23. The van der Waals surface area contributed by atoms with Crippen molar-refractivity contribution >= 4 is 11.6 Å². The fraction of sp³-hybridized carbons (Fsp3) is 0.0769. The molecule has 0 aliphatic rings. The highest BCUT2D eigenvalue weighted by molar-refractivity contribution is 5.98. The van der Waals surface area contributed by atoms with Gasteiger partial charge in [-0.1, -0.05) is 18.2 Å². The molecule has 20 heavy (non-hydrogen) atoms. The van der Waals surface area contributed by atoms with E-state index < -0.39 is 10.8 Å². The molecule has 0 bridgehead atoms. The van der Waals surface area contributed by atoms with E-state index in [9.17, 15) is 14.9 Å². The van der Waals surface area contributed by atoms with Crippen LogP contribution in [0, 0.1) is 10.1 Å². The van der Waals surface area contributed by atoms with Gasteiger partial charge < -0.3 is 0 Å². The van der Waals surface area contributed by atoms with Gasteiger partial charge in [-0.2, -0.15) is 5.11 Å². The van der Waals surface area contributed by atoms with Crippen molar-refractivity contribution in [2.45, 2.75) is 6.54 Å². The molecule has 0 spiro atoms. The van der Waals surface area contributed by atoms with Crippen molar-refractivity contribution in [2.75, 3.05) is 0 Å². The number of nitro benzene ring substituents is 1. The van der Waals surface area contributed by atoms with E-state index in [1.807, 2.05) is 0 Å². The first kappa shape index (κ1) is 13.5. The normalized spacial score (nSPS) is 10.6. The minimum atomic E-state index is -0.735. The second kappa shape index (κ2) is 6.28. The average Bonchev–Trinajstić information content (AvgIpc) is 2.48. The summed E-state index contributed by atoms with van der Waals surface area (Å²) in [7, 11) is 0. The van der Waals surface area contributed by atoms with Crippen molar-refractivity contribution < 1.29 is 9.72 Å². The number of carbonyl (C=O) groups excluding carboxylic acids is 1. The third kappa shape index (κ3) is 3.29. The highest BCUT2D eigenvalue weighted by atomic mass is 16.6. The summed E-state index contributed by atoms with van der Waals surface area (Å²) in [6.45, 7) is 0.195. The lowest BCUT2D eigenvalue weighted by Gasteiger charge is -1.97. The first-order chi connectivity index (χ1) is 9.68. The molecule has 0 fully saturated rings. The van der Waals surface area contributed by atoms with Gasteiger partial charge in [0.05, 0.1) is 11.5 Å². The first-order valence-corrected chi connectivity index (χ1v) is 5.72. The standard InChI is InChI=1S/C13H10N4O3/c18-13(11-5-1-2-6-12(11)17(19)20)16-15-9-10-4-3-7-14-8-10/h1-8H,9H2. The van der Waals surface area contributed by atoms with Gasteiger partial charge in [-0.15, -0.1) is 5.11 Å². The fourth-order valence-corrected chi connectivity index (χ4v) is 1.54. The van der Waals surface area contributed by atoms with E-state index >= 15 is 0 Å². The quantitative estimate of drug-likeness (QED) is 0.484. The van der Waals surface area contributed by atoms with Crippen LogP contribution in [0.3, 0.4) is 0 Å².